The van der Waals surface area contributed by atoms with Gasteiger partial charge in [-0.1, -0.05) is 0 Å². The lowest BCUT2D eigenvalue weighted by Gasteiger charge is -2.19. The van der Waals surface area contributed by atoms with Crippen molar-refractivity contribution in [1.82, 2.24) is 4.98 Å². The van der Waals surface area contributed by atoms with Crippen LogP contribution in [0.15, 0.2) is 16.9 Å². The molecular weight excluding hydrogens is 234 g/mol. The number of hydrogen-bond acceptors (Lipinski definition) is 4. The predicted octanol–water partition coefficient (Wildman–Crippen LogP) is 1.25. The van der Waals surface area contributed by atoms with Crippen LogP contribution in [-0.4, -0.2) is 27.8 Å². The number of aromatic amines is 1. The van der Waals surface area contributed by atoms with Crippen LogP contribution in [0, 0.1) is 0 Å². The van der Waals surface area contributed by atoms with E-state index in [0.29, 0.717) is 12.1 Å². The Morgan fingerprint density at radius 3 is 2.50 bits per heavy atom. The Balaban J connectivity index is 2.92. The molecule has 1 heterocycles. The highest BCUT2D eigenvalue weighted by Gasteiger charge is 2.20. The molecule has 0 fully saturated rings. The van der Waals surface area contributed by atoms with Gasteiger partial charge in [0.05, 0.1) is 6.10 Å². The van der Waals surface area contributed by atoms with Crippen molar-refractivity contribution in [2.24, 2.45) is 0 Å². The fourth-order valence-electron chi connectivity index (χ4n) is 1.45. The number of pyridine rings is 1. The van der Waals surface area contributed by atoms with Crippen LogP contribution in [0.25, 0.3) is 0 Å². The smallest absolute Gasteiger partial charge is 0.344 e. The highest BCUT2D eigenvalue weighted by atomic mass is 16.6. The van der Waals surface area contributed by atoms with Crippen LogP contribution in [0.5, 0.6) is 0 Å². The number of aromatic nitrogens is 1. The minimum Gasteiger partial charge on any atom is -0.456 e. The highest BCUT2D eigenvalue weighted by molar-refractivity contribution is 5.89. The Morgan fingerprint density at radius 1 is 1.44 bits per heavy atom. The molecule has 18 heavy (non-hydrogen) atoms. The van der Waals surface area contributed by atoms with E-state index in [2.05, 4.69) is 4.98 Å². The van der Waals surface area contributed by atoms with Gasteiger partial charge in [-0.15, -0.1) is 0 Å². The molecule has 0 saturated carbocycles. The summed E-state index contributed by atoms with van der Waals surface area (Å²) < 4.78 is 5.12. The molecule has 0 spiro atoms. The average molecular weight is 253 g/mol. The fourth-order valence-corrected chi connectivity index (χ4v) is 1.45. The maximum absolute atomic E-state index is 11.7. The summed E-state index contributed by atoms with van der Waals surface area (Å²) in [5.41, 5.74) is -0.578. The average Bonchev–Trinajstić information content (AvgIpc) is 2.13. The largest absolute Gasteiger partial charge is 0.456 e. The lowest BCUT2D eigenvalue weighted by atomic mass is 10.1. The number of aliphatic hydroxyl groups is 1. The van der Waals surface area contributed by atoms with E-state index in [1.54, 1.807) is 33.8 Å². The Morgan fingerprint density at radius 2 is 2.06 bits per heavy atom. The molecule has 1 rings (SSSR count). The molecule has 100 valence electrons. The first-order valence-corrected chi connectivity index (χ1v) is 5.82. The Labute approximate surface area is 106 Å². The van der Waals surface area contributed by atoms with Crippen molar-refractivity contribution in [1.29, 1.82) is 0 Å². The molecular formula is C13H19NO4. The number of hydrogen-bond donors (Lipinski definition) is 2. The number of carbonyl (C=O) groups excluding carboxylic acids is 1. The van der Waals surface area contributed by atoms with Gasteiger partial charge in [0, 0.05) is 12.1 Å². The molecule has 1 aromatic heterocycles. The zero-order valence-electron chi connectivity index (χ0n) is 11.1. The molecule has 0 aliphatic rings. The summed E-state index contributed by atoms with van der Waals surface area (Å²) in [6.45, 7) is 6.84. The van der Waals surface area contributed by atoms with Crippen LogP contribution in [-0.2, 0) is 11.2 Å². The van der Waals surface area contributed by atoms with Crippen LogP contribution in [0.4, 0.5) is 0 Å². The number of esters is 1. The number of rotatable bonds is 3. The molecule has 0 bridgehead atoms. The van der Waals surface area contributed by atoms with Crippen LogP contribution in [0.1, 0.15) is 43.7 Å². The number of H-pyrrole nitrogens is 1. The summed E-state index contributed by atoms with van der Waals surface area (Å²) >= 11 is 0. The molecule has 5 nitrogen and oxygen atoms in total. The van der Waals surface area contributed by atoms with Gasteiger partial charge in [0.15, 0.2) is 0 Å². The first-order chi connectivity index (χ1) is 8.19. The lowest BCUT2D eigenvalue weighted by molar-refractivity contribution is 0.00675. The summed E-state index contributed by atoms with van der Waals surface area (Å²) in [4.78, 5) is 26.0. The van der Waals surface area contributed by atoms with Gasteiger partial charge < -0.3 is 14.8 Å². The van der Waals surface area contributed by atoms with Gasteiger partial charge in [0.2, 0.25) is 0 Å². The molecule has 0 radical (unpaired) electrons. The van der Waals surface area contributed by atoms with Crippen molar-refractivity contribution >= 4 is 5.97 Å². The molecule has 0 aliphatic carbocycles. The number of aliphatic hydroxyl groups excluding tert-OH is 1. The van der Waals surface area contributed by atoms with Crippen molar-refractivity contribution in [3.63, 3.8) is 0 Å². The van der Waals surface area contributed by atoms with Crippen molar-refractivity contribution in [2.45, 2.75) is 45.8 Å². The Hall–Kier alpha value is -1.62. The van der Waals surface area contributed by atoms with Crippen molar-refractivity contribution in [3.05, 3.63) is 33.7 Å². The van der Waals surface area contributed by atoms with Gasteiger partial charge in [-0.2, -0.15) is 0 Å². The van der Waals surface area contributed by atoms with Crippen LogP contribution in [0.3, 0.4) is 0 Å². The zero-order chi connectivity index (χ0) is 13.9. The topological polar surface area (TPSA) is 79.4 Å². The first-order valence-electron chi connectivity index (χ1n) is 5.82. The molecule has 1 atom stereocenters. The number of carbonyl (C=O) groups is 1. The Bertz CT molecular complexity index is 482. The summed E-state index contributed by atoms with van der Waals surface area (Å²) in [7, 11) is 0. The van der Waals surface area contributed by atoms with E-state index in [4.69, 9.17) is 4.74 Å². The fraction of sp³-hybridized carbons (Fsp3) is 0.538. The van der Waals surface area contributed by atoms with Gasteiger partial charge >= 0.3 is 5.97 Å². The second kappa shape index (κ2) is 5.35. The zero-order valence-corrected chi connectivity index (χ0v) is 11.1. The summed E-state index contributed by atoms with van der Waals surface area (Å²) in [5, 5.41) is 9.21. The normalized spacial score (nSPS) is 13.2. The summed E-state index contributed by atoms with van der Waals surface area (Å²) in [6, 6.07) is 3.03. The molecule has 1 aromatic rings. The molecule has 0 aromatic carbocycles. The predicted molar refractivity (Wildman–Crippen MR) is 67.6 cm³/mol. The third-order valence-electron chi connectivity index (χ3n) is 2.10. The van der Waals surface area contributed by atoms with Gasteiger partial charge in [-0.3, -0.25) is 4.79 Å². The SMILES string of the molecule is CC(O)Cc1ccc(C(=O)OC(C)(C)C)c(=O)[nH]1. The summed E-state index contributed by atoms with van der Waals surface area (Å²) in [6.07, 6.45) is -0.211. The van der Waals surface area contributed by atoms with E-state index in [0.717, 1.165) is 0 Å². The standard InChI is InChI=1S/C13H19NO4/c1-8(15)7-9-5-6-10(11(16)14-9)12(17)18-13(2,3)4/h5-6,8,15H,7H2,1-4H3,(H,14,16). The highest BCUT2D eigenvalue weighted by Crippen LogP contribution is 2.10. The van der Waals surface area contributed by atoms with Crippen LogP contribution < -0.4 is 5.56 Å². The van der Waals surface area contributed by atoms with Crippen molar-refractivity contribution in [3.8, 4) is 0 Å². The second-order valence-corrected chi connectivity index (χ2v) is 5.28. The second-order valence-electron chi connectivity index (χ2n) is 5.28. The van der Waals surface area contributed by atoms with E-state index < -0.39 is 23.2 Å². The van der Waals surface area contributed by atoms with Gasteiger partial charge in [0.25, 0.3) is 5.56 Å². The van der Waals surface area contributed by atoms with E-state index in [1.807, 2.05) is 0 Å². The quantitative estimate of drug-likeness (QED) is 0.795. The monoisotopic (exact) mass is 253 g/mol. The van der Waals surface area contributed by atoms with Gasteiger partial charge in [-0.05, 0) is 39.8 Å². The maximum atomic E-state index is 11.7. The molecule has 5 heteroatoms. The Kier molecular flexibility index (Phi) is 4.29. The van der Waals surface area contributed by atoms with E-state index in [1.165, 1.54) is 6.07 Å². The lowest BCUT2D eigenvalue weighted by Crippen LogP contribution is -2.28. The van der Waals surface area contributed by atoms with Gasteiger partial charge in [0.1, 0.15) is 11.2 Å². The van der Waals surface area contributed by atoms with E-state index in [9.17, 15) is 14.7 Å². The van der Waals surface area contributed by atoms with Crippen molar-refractivity contribution < 1.29 is 14.6 Å². The van der Waals surface area contributed by atoms with Crippen LogP contribution >= 0.6 is 0 Å². The van der Waals surface area contributed by atoms with E-state index in [-0.39, 0.29) is 5.56 Å². The maximum Gasteiger partial charge on any atom is 0.344 e. The molecule has 0 amide bonds. The summed E-state index contributed by atoms with van der Waals surface area (Å²) in [5.74, 6) is -0.646. The minimum absolute atomic E-state index is 0.0285. The molecule has 0 saturated heterocycles. The number of ether oxygens (including phenoxy) is 1. The molecule has 2 N–H and O–H groups in total. The third-order valence-corrected chi connectivity index (χ3v) is 2.10. The van der Waals surface area contributed by atoms with Crippen LogP contribution in [0.2, 0.25) is 0 Å². The minimum atomic E-state index is -0.646. The first kappa shape index (κ1) is 14.4. The van der Waals surface area contributed by atoms with Crippen molar-refractivity contribution in [2.75, 3.05) is 0 Å². The van der Waals surface area contributed by atoms with E-state index >= 15 is 0 Å². The molecule has 1 unspecified atom stereocenters. The third kappa shape index (κ3) is 4.33. The van der Waals surface area contributed by atoms with Gasteiger partial charge in [-0.25, -0.2) is 4.79 Å². The molecule has 0 aliphatic heterocycles. The number of nitrogens with one attached hydrogen (secondary N) is 1.